The Morgan fingerprint density at radius 1 is 1.35 bits per heavy atom. The standard InChI is InChI=1S/C11H20F3N3/c1-4-9(16)10(11(12,13)14)17(8(2)3)7-5-6-15/h8-10H,4-5,7,16H2,1-3H3. The highest BCUT2D eigenvalue weighted by Gasteiger charge is 2.47. The Bertz CT molecular complexity index is 258. The zero-order valence-electron chi connectivity index (χ0n) is 10.5. The summed E-state index contributed by atoms with van der Waals surface area (Å²) in [7, 11) is 0. The summed E-state index contributed by atoms with van der Waals surface area (Å²) in [4.78, 5) is 1.26. The van der Waals surface area contributed by atoms with Crippen molar-refractivity contribution in [1.82, 2.24) is 4.90 Å². The van der Waals surface area contributed by atoms with E-state index in [-0.39, 0.29) is 25.4 Å². The van der Waals surface area contributed by atoms with Crippen molar-refractivity contribution in [1.29, 1.82) is 5.26 Å². The van der Waals surface area contributed by atoms with Gasteiger partial charge in [-0.2, -0.15) is 18.4 Å². The summed E-state index contributed by atoms with van der Waals surface area (Å²) in [5.74, 6) is 0. The highest BCUT2D eigenvalue weighted by Crippen LogP contribution is 2.29. The van der Waals surface area contributed by atoms with Crippen molar-refractivity contribution < 1.29 is 13.2 Å². The van der Waals surface area contributed by atoms with Crippen LogP contribution in [0.25, 0.3) is 0 Å². The second kappa shape index (κ2) is 6.82. The molecule has 0 radical (unpaired) electrons. The summed E-state index contributed by atoms with van der Waals surface area (Å²) in [6, 6.07) is -1.07. The van der Waals surface area contributed by atoms with Crippen LogP contribution in [0.4, 0.5) is 13.2 Å². The van der Waals surface area contributed by atoms with Crippen molar-refractivity contribution in [2.75, 3.05) is 6.54 Å². The molecule has 0 spiro atoms. The van der Waals surface area contributed by atoms with E-state index in [1.807, 2.05) is 6.07 Å². The average molecular weight is 251 g/mol. The minimum atomic E-state index is -4.37. The molecule has 0 bridgehead atoms. The quantitative estimate of drug-likeness (QED) is 0.788. The number of alkyl halides is 3. The summed E-state index contributed by atoms with van der Waals surface area (Å²) >= 11 is 0. The lowest BCUT2D eigenvalue weighted by molar-refractivity contribution is -0.194. The smallest absolute Gasteiger partial charge is 0.326 e. The van der Waals surface area contributed by atoms with Crippen LogP contribution in [0.2, 0.25) is 0 Å². The lowest BCUT2D eigenvalue weighted by Crippen LogP contribution is -2.58. The minimum absolute atomic E-state index is 0.0706. The monoisotopic (exact) mass is 251 g/mol. The van der Waals surface area contributed by atoms with Gasteiger partial charge in [0, 0.05) is 25.0 Å². The molecule has 0 heterocycles. The van der Waals surface area contributed by atoms with E-state index < -0.39 is 18.3 Å². The number of rotatable bonds is 6. The fraction of sp³-hybridized carbons (Fsp3) is 0.909. The molecule has 2 atom stereocenters. The molecule has 0 aliphatic rings. The van der Waals surface area contributed by atoms with Crippen LogP contribution in [0, 0.1) is 11.3 Å². The average Bonchev–Trinajstić information content (AvgIpc) is 2.20. The molecule has 2 unspecified atom stereocenters. The summed E-state index contributed by atoms with van der Waals surface area (Å²) in [5, 5.41) is 8.49. The second-order valence-electron chi connectivity index (χ2n) is 4.30. The predicted octanol–water partition coefficient (Wildman–Crippen LogP) is 2.28. The predicted molar refractivity (Wildman–Crippen MR) is 60.2 cm³/mol. The van der Waals surface area contributed by atoms with Gasteiger partial charge in [0.15, 0.2) is 0 Å². The van der Waals surface area contributed by atoms with Crippen LogP contribution in [-0.2, 0) is 0 Å². The second-order valence-corrected chi connectivity index (χ2v) is 4.30. The Labute approximate surface area is 100 Å². The van der Waals surface area contributed by atoms with Crippen LogP contribution in [0.1, 0.15) is 33.6 Å². The molecule has 3 nitrogen and oxygen atoms in total. The molecule has 0 fully saturated rings. The Morgan fingerprint density at radius 2 is 1.88 bits per heavy atom. The van der Waals surface area contributed by atoms with Gasteiger partial charge < -0.3 is 5.73 Å². The van der Waals surface area contributed by atoms with Crippen molar-refractivity contribution in [3.8, 4) is 6.07 Å². The topological polar surface area (TPSA) is 53.0 Å². The van der Waals surface area contributed by atoms with Crippen LogP contribution in [0.3, 0.4) is 0 Å². The molecule has 0 aromatic rings. The number of hydrogen-bond acceptors (Lipinski definition) is 3. The van der Waals surface area contributed by atoms with E-state index in [1.165, 1.54) is 4.90 Å². The number of nitriles is 1. The Kier molecular flexibility index (Phi) is 6.50. The van der Waals surface area contributed by atoms with Gasteiger partial charge in [-0.1, -0.05) is 6.92 Å². The van der Waals surface area contributed by atoms with E-state index in [0.717, 1.165) is 0 Å². The van der Waals surface area contributed by atoms with E-state index in [2.05, 4.69) is 0 Å². The molecule has 0 saturated carbocycles. The SMILES string of the molecule is CCC(N)C(N(CCC#N)C(C)C)C(F)(F)F. The van der Waals surface area contributed by atoms with Gasteiger partial charge in [-0.05, 0) is 20.3 Å². The molecule has 0 aliphatic carbocycles. The molecule has 0 aliphatic heterocycles. The Morgan fingerprint density at radius 3 is 2.18 bits per heavy atom. The fourth-order valence-corrected chi connectivity index (χ4v) is 1.80. The van der Waals surface area contributed by atoms with E-state index >= 15 is 0 Å². The Balaban J connectivity index is 5.02. The summed E-state index contributed by atoms with van der Waals surface area (Å²) in [6.45, 7) is 5.08. The van der Waals surface area contributed by atoms with Crippen LogP contribution >= 0.6 is 0 Å². The first kappa shape index (κ1) is 16.2. The number of halogens is 3. The third-order valence-corrected chi connectivity index (χ3v) is 2.71. The zero-order valence-corrected chi connectivity index (χ0v) is 10.5. The van der Waals surface area contributed by atoms with E-state index in [0.29, 0.717) is 0 Å². The van der Waals surface area contributed by atoms with Crippen molar-refractivity contribution in [2.24, 2.45) is 5.73 Å². The fourth-order valence-electron chi connectivity index (χ4n) is 1.80. The molecule has 0 aromatic carbocycles. The van der Waals surface area contributed by atoms with E-state index in [4.69, 9.17) is 11.0 Å². The van der Waals surface area contributed by atoms with Crippen LogP contribution in [0.5, 0.6) is 0 Å². The van der Waals surface area contributed by atoms with Gasteiger partial charge in [-0.3, -0.25) is 4.90 Å². The number of nitrogens with two attached hydrogens (primary N) is 1. The van der Waals surface area contributed by atoms with Crippen molar-refractivity contribution in [2.45, 2.75) is 57.9 Å². The molecule has 6 heteroatoms. The normalized spacial score (nSPS) is 16.0. The maximum Gasteiger partial charge on any atom is 0.405 e. The molecular formula is C11H20F3N3. The lowest BCUT2D eigenvalue weighted by Gasteiger charge is -2.38. The molecular weight excluding hydrogens is 231 g/mol. The van der Waals surface area contributed by atoms with Crippen LogP contribution in [0.15, 0.2) is 0 Å². The van der Waals surface area contributed by atoms with Crippen molar-refractivity contribution in [3.63, 3.8) is 0 Å². The van der Waals surface area contributed by atoms with Gasteiger partial charge in [0.05, 0.1) is 6.07 Å². The number of nitrogens with zero attached hydrogens (tertiary/aromatic N) is 2. The summed E-state index contributed by atoms with van der Waals surface area (Å²) < 4.78 is 39.0. The largest absolute Gasteiger partial charge is 0.405 e. The summed E-state index contributed by atoms with van der Waals surface area (Å²) in [5.41, 5.74) is 5.57. The zero-order chi connectivity index (χ0) is 13.6. The van der Waals surface area contributed by atoms with Gasteiger partial charge in [-0.25, -0.2) is 0 Å². The maximum absolute atomic E-state index is 13.0. The lowest BCUT2D eigenvalue weighted by atomic mass is 10.0. The first-order valence-electron chi connectivity index (χ1n) is 5.70. The van der Waals surface area contributed by atoms with Crippen LogP contribution in [-0.4, -0.2) is 35.7 Å². The van der Waals surface area contributed by atoms with E-state index in [1.54, 1.807) is 20.8 Å². The number of hydrogen-bond donors (Lipinski definition) is 1. The third-order valence-electron chi connectivity index (χ3n) is 2.71. The Hall–Kier alpha value is -0.800. The first-order chi connectivity index (χ1) is 7.75. The molecule has 2 N–H and O–H groups in total. The third kappa shape index (κ3) is 4.92. The molecule has 17 heavy (non-hydrogen) atoms. The van der Waals surface area contributed by atoms with Crippen LogP contribution < -0.4 is 5.73 Å². The van der Waals surface area contributed by atoms with Crippen molar-refractivity contribution in [3.05, 3.63) is 0 Å². The minimum Gasteiger partial charge on any atom is -0.326 e. The molecule has 0 saturated heterocycles. The van der Waals surface area contributed by atoms with Gasteiger partial charge in [0.2, 0.25) is 0 Å². The maximum atomic E-state index is 13.0. The van der Waals surface area contributed by atoms with E-state index in [9.17, 15) is 13.2 Å². The first-order valence-corrected chi connectivity index (χ1v) is 5.70. The van der Waals surface area contributed by atoms with Crippen molar-refractivity contribution >= 4 is 0 Å². The highest BCUT2D eigenvalue weighted by atomic mass is 19.4. The van der Waals surface area contributed by atoms with Gasteiger partial charge in [-0.15, -0.1) is 0 Å². The highest BCUT2D eigenvalue weighted by molar-refractivity contribution is 4.90. The molecule has 0 amide bonds. The van der Waals surface area contributed by atoms with Gasteiger partial charge in [0.1, 0.15) is 6.04 Å². The molecule has 100 valence electrons. The van der Waals surface area contributed by atoms with Gasteiger partial charge >= 0.3 is 6.18 Å². The molecule has 0 rings (SSSR count). The summed E-state index contributed by atoms with van der Waals surface area (Å²) in [6.07, 6.45) is -4.05. The van der Waals surface area contributed by atoms with Gasteiger partial charge in [0.25, 0.3) is 0 Å². The molecule has 0 aromatic heterocycles.